The molecule has 1 atom stereocenters. The van der Waals surface area contributed by atoms with E-state index in [4.69, 9.17) is 34.8 Å². The van der Waals surface area contributed by atoms with Crippen molar-refractivity contribution >= 4 is 52.4 Å². The largest absolute Gasteiger partial charge is 0.348 e. The first-order valence-electron chi connectivity index (χ1n) is 10.0. The second-order valence-corrected chi connectivity index (χ2v) is 8.77. The summed E-state index contributed by atoms with van der Waals surface area (Å²) >= 11 is 18.6. The summed E-state index contributed by atoms with van der Waals surface area (Å²) in [5.74, 6) is -0.212. The number of amides is 1. The average Bonchev–Trinajstić information content (AvgIpc) is 3.06. The molecule has 0 radical (unpaired) electrons. The summed E-state index contributed by atoms with van der Waals surface area (Å²) in [5, 5.41) is 9.30. The van der Waals surface area contributed by atoms with Crippen LogP contribution in [0.4, 0.5) is 0 Å². The van der Waals surface area contributed by atoms with Gasteiger partial charge in [0.2, 0.25) is 0 Å². The molecule has 1 N–H and O–H groups in total. The van der Waals surface area contributed by atoms with E-state index in [1.165, 1.54) is 0 Å². The van der Waals surface area contributed by atoms with Crippen molar-refractivity contribution in [2.24, 2.45) is 0 Å². The van der Waals surface area contributed by atoms with Gasteiger partial charge in [-0.15, -0.1) is 0 Å². The number of hydrogen-bond acceptors (Lipinski definition) is 2. The molecule has 31 heavy (non-hydrogen) atoms. The molecule has 0 saturated heterocycles. The van der Waals surface area contributed by atoms with Crippen LogP contribution in [-0.2, 0) is 0 Å². The molecule has 3 aromatic rings. The minimum atomic E-state index is -0.212. The Balaban J connectivity index is 2.17. The van der Waals surface area contributed by atoms with E-state index in [0.717, 1.165) is 28.8 Å². The molecule has 0 bridgehead atoms. The monoisotopic (exact) mass is 475 g/mol. The highest BCUT2D eigenvalue weighted by atomic mass is 35.5. The molecule has 0 saturated carbocycles. The van der Waals surface area contributed by atoms with Crippen LogP contribution in [0.2, 0.25) is 15.1 Å². The number of nitrogens with zero attached hydrogens (tertiary/aromatic N) is 2. The van der Waals surface area contributed by atoms with Crippen LogP contribution in [0.1, 0.15) is 54.5 Å². The van der Waals surface area contributed by atoms with Gasteiger partial charge in [-0.05, 0) is 74.7 Å². The number of rotatable bonds is 6. The zero-order valence-electron chi connectivity index (χ0n) is 17.8. The first kappa shape index (κ1) is 23.4. The van der Waals surface area contributed by atoms with Crippen molar-refractivity contribution in [2.75, 3.05) is 0 Å². The van der Waals surface area contributed by atoms with Gasteiger partial charge in [-0.25, -0.2) is 4.68 Å². The molecule has 0 spiro atoms. The molecule has 2 aromatic carbocycles. The molecular weight excluding hydrogens is 453 g/mol. The minimum Gasteiger partial charge on any atom is -0.348 e. The predicted molar refractivity (Wildman–Crippen MR) is 131 cm³/mol. The van der Waals surface area contributed by atoms with Crippen LogP contribution in [0.15, 0.2) is 42.5 Å². The lowest BCUT2D eigenvalue weighted by Crippen LogP contribution is -2.32. The summed E-state index contributed by atoms with van der Waals surface area (Å²) in [4.78, 5) is 12.9. The fraction of sp³-hybridized carbons (Fsp3) is 0.250. The third-order valence-electron chi connectivity index (χ3n) is 5.09. The van der Waals surface area contributed by atoms with E-state index in [1.807, 2.05) is 58.0 Å². The Hall–Kier alpha value is -2.27. The van der Waals surface area contributed by atoms with E-state index in [2.05, 4.69) is 10.4 Å². The Labute approximate surface area is 197 Å². The van der Waals surface area contributed by atoms with Gasteiger partial charge in [0.15, 0.2) is 5.69 Å². The fourth-order valence-electron chi connectivity index (χ4n) is 3.27. The number of benzene rings is 2. The molecule has 7 heteroatoms. The van der Waals surface area contributed by atoms with Crippen molar-refractivity contribution in [3.63, 3.8) is 0 Å². The normalized spacial score (nSPS) is 12.7. The Morgan fingerprint density at radius 3 is 2.39 bits per heavy atom. The third-order valence-corrected chi connectivity index (χ3v) is 5.88. The number of carbonyl (C=O) groups is 1. The quantitative estimate of drug-likeness (QED) is 0.408. The molecule has 1 aromatic heterocycles. The Bertz CT molecular complexity index is 1130. The number of carbonyl (C=O) groups excluding carboxylic acids is 1. The van der Waals surface area contributed by atoms with E-state index in [-0.39, 0.29) is 11.9 Å². The summed E-state index contributed by atoms with van der Waals surface area (Å²) in [7, 11) is 0. The number of allylic oxidation sites excluding steroid dienone is 1. The van der Waals surface area contributed by atoms with E-state index >= 15 is 0 Å². The lowest BCUT2D eigenvalue weighted by Gasteiger charge is -2.11. The third kappa shape index (κ3) is 5.32. The van der Waals surface area contributed by atoms with Gasteiger partial charge in [-0.2, -0.15) is 5.10 Å². The molecule has 1 heterocycles. The molecule has 0 aliphatic rings. The molecule has 0 aliphatic heterocycles. The first-order chi connectivity index (χ1) is 14.7. The molecule has 0 fully saturated rings. The molecule has 3 rings (SSSR count). The maximum atomic E-state index is 12.9. The zero-order chi connectivity index (χ0) is 22.7. The maximum Gasteiger partial charge on any atom is 0.272 e. The number of halogens is 3. The Morgan fingerprint density at radius 2 is 1.77 bits per heavy atom. The summed E-state index contributed by atoms with van der Waals surface area (Å²) in [5.41, 5.74) is 4.51. The highest BCUT2D eigenvalue weighted by Gasteiger charge is 2.23. The topological polar surface area (TPSA) is 46.9 Å². The van der Waals surface area contributed by atoms with Crippen molar-refractivity contribution in [3.05, 3.63) is 80.0 Å². The van der Waals surface area contributed by atoms with Gasteiger partial charge >= 0.3 is 0 Å². The summed E-state index contributed by atoms with van der Waals surface area (Å²) in [6, 6.07) is 12.8. The second-order valence-electron chi connectivity index (χ2n) is 7.49. The smallest absolute Gasteiger partial charge is 0.272 e. The maximum absolute atomic E-state index is 12.9. The van der Waals surface area contributed by atoms with Gasteiger partial charge in [0.25, 0.3) is 5.91 Å². The highest BCUT2D eigenvalue weighted by Crippen LogP contribution is 2.31. The van der Waals surface area contributed by atoms with E-state index in [0.29, 0.717) is 26.4 Å². The van der Waals surface area contributed by atoms with Crippen molar-refractivity contribution in [1.82, 2.24) is 15.1 Å². The molecule has 0 aliphatic carbocycles. The van der Waals surface area contributed by atoms with Gasteiger partial charge in [0.05, 0.1) is 16.4 Å². The van der Waals surface area contributed by atoms with Crippen LogP contribution in [0, 0.1) is 6.92 Å². The van der Waals surface area contributed by atoms with Gasteiger partial charge in [-0.3, -0.25) is 4.79 Å². The van der Waals surface area contributed by atoms with Gasteiger partial charge < -0.3 is 5.32 Å². The average molecular weight is 477 g/mol. The fourth-order valence-corrected chi connectivity index (χ4v) is 3.89. The zero-order valence-corrected chi connectivity index (χ0v) is 20.1. The van der Waals surface area contributed by atoms with E-state index in [9.17, 15) is 4.79 Å². The van der Waals surface area contributed by atoms with Crippen LogP contribution in [0.3, 0.4) is 0 Å². The summed E-state index contributed by atoms with van der Waals surface area (Å²) in [6.07, 6.45) is 2.86. The molecular formula is C24H24Cl3N3O. The molecule has 1 amide bonds. The molecule has 0 unspecified atom stereocenters. The standard InChI is InChI=1S/C24H24Cl3N3O/c1-5-15(3)28-24(31)22-16(4)23(14(2)12-17-6-8-18(25)9-7-17)30(29-22)21-11-10-19(26)13-20(21)27/h6-13,15H,5H2,1-4H3,(H,28,31)/t15-/m1/s1. The first-order valence-corrected chi connectivity index (χ1v) is 11.1. The highest BCUT2D eigenvalue weighted by molar-refractivity contribution is 6.35. The van der Waals surface area contributed by atoms with Gasteiger partial charge in [0, 0.05) is 21.7 Å². The van der Waals surface area contributed by atoms with Gasteiger partial charge in [-0.1, -0.05) is 53.9 Å². The molecule has 4 nitrogen and oxygen atoms in total. The predicted octanol–water partition coefficient (Wildman–Crippen LogP) is 7.23. The Morgan fingerprint density at radius 1 is 1.13 bits per heavy atom. The van der Waals surface area contributed by atoms with Crippen LogP contribution >= 0.6 is 34.8 Å². The van der Waals surface area contributed by atoms with Crippen molar-refractivity contribution in [1.29, 1.82) is 0 Å². The van der Waals surface area contributed by atoms with Crippen LogP contribution in [-0.4, -0.2) is 21.7 Å². The van der Waals surface area contributed by atoms with Crippen molar-refractivity contribution in [3.8, 4) is 5.69 Å². The van der Waals surface area contributed by atoms with Crippen molar-refractivity contribution < 1.29 is 4.79 Å². The number of hydrogen-bond donors (Lipinski definition) is 1. The van der Waals surface area contributed by atoms with E-state index < -0.39 is 0 Å². The minimum absolute atomic E-state index is 0.0466. The second kappa shape index (κ2) is 9.90. The number of nitrogens with one attached hydrogen (secondary N) is 1. The SMILES string of the molecule is CC[C@@H](C)NC(=O)c1nn(-c2ccc(Cl)cc2Cl)c(C(C)=Cc2ccc(Cl)cc2)c1C. The van der Waals surface area contributed by atoms with E-state index in [1.54, 1.807) is 22.9 Å². The van der Waals surface area contributed by atoms with Crippen LogP contribution in [0.25, 0.3) is 17.3 Å². The van der Waals surface area contributed by atoms with Crippen molar-refractivity contribution in [2.45, 2.75) is 40.2 Å². The summed E-state index contributed by atoms with van der Waals surface area (Å²) in [6.45, 7) is 7.86. The lowest BCUT2D eigenvalue weighted by atomic mass is 10.0. The summed E-state index contributed by atoms with van der Waals surface area (Å²) < 4.78 is 1.71. The number of aromatic nitrogens is 2. The van der Waals surface area contributed by atoms with Crippen LogP contribution in [0.5, 0.6) is 0 Å². The van der Waals surface area contributed by atoms with Crippen LogP contribution < -0.4 is 5.32 Å². The Kier molecular flexibility index (Phi) is 7.47. The van der Waals surface area contributed by atoms with Gasteiger partial charge in [0.1, 0.15) is 0 Å². The lowest BCUT2D eigenvalue weighted by molar-refractivity contribution is 0.0933. The molecule has 162 valence electrons.